The lowest BCUT2D eigenvalue weighted by molar-refractivity contribution is -0.147. The highest BCUT2D eigenvalue weighted by molar-refractivity contribution is 5.80. The molecule has 0 aliphatic carbocycles. The van der Waals surface area contributed by atoms with Gasteiger partial charge in [-0.15, -0.1) is 0 Å². The van der Waals surface area contributed by atoms with Crippen LogP contribution in [0, 0.1) is 0 Å². The molecule has 5 heteroatoms. The third-order valence-electron chi connectivity index (χ3n) is 2.24. The van der Waals surface area contributed by atoms with E-state index >= 15 is 0 Å². The minimum atomic E-state index is -0.436. The van der Waals surface area contributed by atoms with Crippen molar-refractivity contribution in [2.24, 2.45) is 5.73 Å². The first-order chi connectivity index (χ1) is 7.20. The Balaban J connectivity index is 2.07. The zero-order valence-electron chi connectivity index (χ0n) is 9.20. The van der Waals surface area contributed by atoms with E-state index in [9.17, 15) is 4.79 Å². The van der Waals surface area contributed by atoms with Gasteiger partial charge in [-0.1, -0.05) is 0 Å². The summed E-state index contributed by atoms with van der Waals surface area (Å²) >= 11 is 0. The molecule has 0 aromatic carbocycles. The molecule has 1 amide bonds. The van der Waals surface area contributed by atoms with Gasteiger partial charge in [0.05, 0.1) is 19.8 Å². The molecule has 1 aliphatic heterocycles. The van der Waals surface area contributed by atoms with E-state index < -0.39 is 6.10 Å². The van der Waals surface area contributed by atoms with Crippen molar-refractivity contribution in [2.45, 2.75) is 31.9 Å². The van der Waals surface area contributed by atoms with Crippen LogP contribution in [0.5, 0.6) is 0 Å². The van der Waals surface area contributed by atoms with E-state index in [0.29, 0.717) is 26.4 Å². The number of rotatable bonds is 5. The van der Waals surface area contributed by atoms with Gasteiger partial charge >= 0.3 is 0 Å². The van der Waals surface area contributed by atoms with Crippen LogP contribution in [-0.4, -0.2) is 44.4 Å². The third kappa shape index (κ3) is 5.11. The molecule has 0 saturated carbocycles. The summed E-state index contributed by atoms with van der Waals surface area (Å²) in [5.74, 6) is -0.0839. The van der Waals surface area contributed by atoms with E-state index in [2.05, 4.69) is 5.32 Å². The van der Waals surface area contributed by atoms with Crippen molar-refractivity contribution in [3.05, 3.63) is 0 Å². The normalized spacial score (nSPS) is 23.5. The van der Waals surface area contributed by atoms with Crippen molar-refractivity contribution in [2.75, 3.05) is 26.4 Å². The van der Waals surface area contributed by atoms with Gasteiger partial charge in [0.25, 0.3) is 5.91 Å². The number of carbonyl (C=O) groups is 1. The molecule has 1 fully saturated rings. The summed E-state index contributed by atoms with van der Waals surface area (Å²) in [6, 6.07) is 0.191. The van der Waals surface area contributed by atoms with Gasteiger partial charge in [0.1, 0.15) is 0 Å². The second-order valence-corrected chi connectivity index (χ2v) is 3.84. The van der Waals surface area contributed by atoms with Gasteiger partial charge in [0.2, 0.25) is 0 Å². The third-order valence-corrected chi connectivity index (χ3v) is 2.24. The molecule has 1 saturated heterocycles. The maximum Gasteiger partial charge on any atom is 0.251 e. The van der Waals surface area contributed by atoms with Gasteiger partial charge in [0.15, 0.2) is 6.10 Å². The highest BCUT2D eigenvalue weighted by atomic mass is 16.6. The lowest BCUT2D eigenvalue weighted by atomic mass is 10.2. The first-order valence-electron chi connectivity index (χ1n) is 5.43. The number of ether oxygens (including phenoxy) is 2. The van der Waals surface area contributed by atoms with E-state index in [1.807, 2.05) is 6.92 Å². The second kappa shape index (κ2) is 6.76. The Bertz CT molecular complexity index is 191. The maximum absolute atomic E-state index is 11.5. The lowest BCUT2D eigenvalue weighted by Crippen LogP contribution is -2.43. The van der Waals surface area contributed by atoms with Crippen LogP contribution < -0.4 is 11.1 Å². The Kier molecular flexibility index (Phi) is 5.60. The lowest BCUT2D eigenvalue weighted by Gasteiger charge is -2.22. The van der Waals surface area contributed by atoms with E-state index in [-0.39, 0.29) is 11.9 Å². The number of nitrogens with one attached hydrogen (secondary N) is 1. The molecule has 0 spiro atoms. The van der Waals surface area contributed by atoms with Crippen LogP contribution in [0.25, 0.3) is 0 Å². The Morgan fingerprint density at radius 2 is 2.40 bits per heavy atom. The highest BCUT2D eigenvalue weighted by Crippen LogP contribution is 2.00. The summed E-state index contributed by atoms with van der Waals surface area (Å²) < 4.78 is 10.4. The predicted octanol–water partition coefficient (Wildman–Crippen LogP) is -0.355. The predicted molar refractivity (Wildman–Crippen MR) is 56.5 cm³/mol. The van der Waals surface area contributed by atoms with E-state index in [1.165, 1.54) is 0 Å². The van der Waals surface area contributed by atoms with Gasteiger partial charge in [-0.05, 0) is 19.8 Å². The molecule has 3 N–H and O–H groups in total. The van der Waals surface area contributed by atoms with Crippen LogP contribution in [0.1, 0.15) is 19.8 Å². The molecular weight excluding hydrogens is 196 g/mol. The van der Waals surface area contributed by atoms with E-state index in [0.717, 1.165) is 12.8 Å². The van der Waals surface area contributed by atoms with Crippen molar-refractivity contribution >= 4 is 5.91 Å². The highest BCUT2D eigenvalue weighted by Gasteiger charge is 2.21. The Hall–Kier alpha value is -0.650. The topological polar surface area (TPSA) is 73.6 Å². The molecule has 0 radical (unpaired) electrons. The van der Waals surface area contributed by atoms with Crippen LogP contribution in [0.4, 0.5) is 0 Å². The van der Waals surface area contributed by atoms with Crippen LogP contribution in [0.2, 0.25) is 0 Å². The van der Waals surface area contributed by atoms with Gasteiger partial charge < -0.3 is 20.5 Å². The fraction of sp³-hybridized carbons (Fsp3) is 0.900. The Morgan fingerprint density at radius 1 is 1.60 bits per heavy atom. The minimum Gasteiger partial charge on any atom is -0.376 e. The Morgan fingerprint density at radius 3 is 3.00 bits per heavy atom. The number of carbonyl (C=O) groups excluding carboxylic acids is 1. The molecule has 88 valence electrons. The summed E-state index contributed by atoms with van der Waals surface area (Å²) in [5.41, 5.74) is 5.59. The number of hydrogen-bond donors (Lipinski definition) is 2. The summed E-state index contributed by atoms with van der Waals surface area (Å²) in [7, 11) is 0. The summed E-state index contributed by atoms with van der Waals surface area (Å²) in [4.78, 5) is 11.5. The smallest absolute Gasteiger partial charge is 0.251 e. The minimum absolute atomic E-state index is 0.0839. The van der Waals surface area contributed by atoms with Crippen molar-refractivity contribution in [1.29, 1.82) is 0 Å². The molecule has 5 nitrogen and oxygen atoms in total. The molecule has 15 heavy (non-hydrogen) atoms. The largest absolute Gasteiger partial charge is 0.376 e. The summed E-state index contributed by atoms with van der Waals surface area (Å²) in [6.07, 6.45) is 1.38. The molecule has 0 aromatic heterocycles. The molecule has 2 unspecified atom stereocenters. The van der Waals surface area contributed by atoms with Crippen molar-refractivity contribution in [3.63, 3.8) is 0 Å². The average Bonchev–Trinajstić information content (AvgIpc) is 2.25. The number of amides is 1. The van der Waals surface area contributed by atoms with E-state index in [4.69, 9.17) is 15.2 Å². The van der Waals surface area contributed by atoms with Crippen LogP contribution in [0.15, 0.2) is 0 Å². The fourth-order valence-corrected chi connectivity index (χ4v) is 1.39. The maximum atomic E-state index is 11.5. The first-order valence-corrected chi connectivity index (χ1v) is 5.43. The number of nitrogens with two attached hydrogens (primary N) is 1. The standard InChI is InChI=1S/C10H20N2O3/c1-8(11)3-2-4-12-10(13)9-7-14-5-6-15-9/h8-9H,2-7,11H2,1H3,(H,12,13). The average molecular weight is 216 g/mol. The molecule has 1 aliphatic rings. The summed E-state index contributed by atoms with van der Waals surface area (Å²) in [6.45, 7) is 4.05. The van der Waals surface area contributed by atoms with Crippen LogP contribution >= 0.6 is 0 Å². The van der Waals surface area contributed by atoms with Crippen molar-refractivity contribution < 1.29 is 14.3 Å². The molecular formula is C10H20N2O3. The SMILES string of the molecule is CC(N)CCCNC(=O)C1COCCO1. The second-order valence-electron chi connectivity index (χ2n) is 3.84. The van der Waals surface area contributed by atoms with Gasteiger partial charge in [-0.3, -0.25) is 4.79 Å². The van der Waals surface area contributed by atoms with E-state index in [1.54, 1.807) is 0 Å². The summed E-state index contributed by atoms with van der Waals surface area (Å²) in [5, 5.41) is 2.81. The molecule has 1 rings (SSSR count). The first kappa shape index (κ1) is 12.4. The number of hydrogen-bond acceptors (Lipinski definition) is 4. The fourth-order valence-electron chi connectivity index (χ4n) is 1.39. The van der Waals surface area contributed by atoms with Crippen LogP contribution in [-0.2, 0) is 14.3 Å². The van der Waals surface area contributed by atoms with Gasteiger partial charge in [-0.25, -0.2) is 0 Å². The molecule has 2 atom stereocenters. The van der Waals surface area contributed by atoms with Crippen molar-refractivity contribution in [1.82, 2.24) is 5.32 Å². The van der Waals surface area contributed by atoms with Crippen LogP contribution in [0.3, 0.4) is 0 Å². The molecule has 1 heterocycles. The van der Waals surface area contributed by atoms with Gasteiger partial charge in [-0.2, -0.15) is 0 Å². The monoisotopic (exact) mass is 216 g/mol. The zero-order valence-corrected chi connectivity index (χ0v) is 9.20. The Labute approximate surface area is 90.3 Å². The van der Waals surface area contributed by atoms with Gasteiger partial charge in [0, 0.05) is 12.6 Å². The van der Waals surface area contributed by atoms with Crippen molar-refractivity contribution in [3.8, 4) is 0 Å². The molecule has 0 aromatic rings. The zero-order chi connectivity index (χ0) is 11.1. The molecule has 0 bridgehead atoms. The quantitative estimate of drug-likeness (QED) is 0.616.